The normalized spacial score (nSPS) is 50.9. The largest absolute Gasteiger partial charge is 0.372 e. The third kappa shape index (κ3) is 3.57. The summed E-state index contributed by atoms with van der Waals surface area (Å²) in [6.45, 7) is 13.8. The molecular weight excluding hydrogens is 354 g/mol. The van der Waals surface area contributed by atoms with Crippen LogP contribution in [0.15, 0.2) is 23.3 Å². The van der Waals surface area contributed by atoms with Gasteiger partial charge >= 0.3 is 0 Å². The van der Waals surface area contributed by atoms with Gasteiger partial charge in [0.15, 0.2) is 0 Å². The van der Waals surface area contributed by atoms with E-state index >= 15 is 0 Å². The third-order valence-electron chi connectivity index (χ3n) is 10.0. The Bertz CT molecular complexity index is 680. The number of hydrogen-bond donors (Lipinski definition) is 1. The van der Waals surface area contributed by atoms with Crippen molar-refractivity contribution in [1.82, 2.24) is 5.32 Å². The Morgan fingerprint density at radius 1 is 1.14 bits per heavy atom. The van der Waals surface area contributed by atoms with E-state index in [4.69, 9.17) is 4.74 Å². The molecule has 0 aromatic rings. The SMILES string of the molecule is C=C1CC[C@@]2(C)[C@H](CC[C@H]3[C@@H]4CCC[C@@H]5NC[C@@H](C)C[C@H]5OC/C(C)=C\4C[C@@H]32)C1. The summed E-state index contributed by atoms with van der Waals surface area (Å²) in [6, 6.07) is 0.579. The Morgan fingerprint density at radius 3 is 2.86 bits per heavy atom. The lowest BCUT2D eigenvalue weighted by molar-refractivity contribution is -0.0187. The summed E-state index contributed by atoms with van der Waals surface area (Å²) in [7, 11) is 0. The summed E-state index contributed by atoms with van der Waals surface area (Å²) < 4.78 is 6.58. The summed E-state index contributed by atoms with van der Waals surface area (Å²) in [5, 5.41) is 3.82. The highest BCUT2D eigenvalue weighted by molar-refractivity contribution is 5.26. The lowest BCUT2D eigenvalue weighted by Crippen LogP contribution is -2.49. The highest BCUT2D eigenvalue weighted by atomic mass is 16.5. The quantitative estimate of drug-likeness (QED) is 0.486. The monoisotopic (exact) mass is 397 g/mol. The van der Waals surface area contributed by atoms with E-state index in [1.807, 2.05) is 5.57 Å². The summed E-state index contributed by atoms with van der Waals surface area (Å²) in [5.74, 6) is 4.32. The number of nitrogens with one attached hydrogen (secondary N) is 1. The number of allylic oxidation sites excluding steroid dienone is 2. The predicted molar refractivity (Wildman–Crippen MR) is 121 cm³/mol. The zero-order valence-corrected chi connectivity index (χ0v) is 19.1. The Kier molecular flexibility index (Phi) is 5.48. The van der Waals surface area contributed by atoms with E-state index in [2.05, 4.69) is 32.7 Å². The summed E-state index contributed by atoms with van der Waals surface area (Å²) >= 11 is 0. The van der Waals surface area contributed by atoms with E-state index in [1.54, 1.807) is 5.57 Å². The molecule has 0 spiro atoms. The number of piperidine rings is 1. The molecule has 0 amide bonds. The van der Waals surface area contributed by atoms with Gasteiger partial charge in [0, 0.05) is 6.04 Å². The fourth-order valence-corrected chi connectivity index (χ4v) is 8.21. The molecule has 0 bridgehead atoms. The van der Waals surface area contributed by atoms with Crippen molar-refractivity contribution < 1.29 is 4.74 Å². The number of fused-ring (bicyclic) bond motifs is 6. The summed E-state index contributed by atoms with van der Waals surface area (Å²) in [6.07, 6.45) is 14.0. The Morgan fingerprint density at radius 2 is 2.00 bits per heavy atom. The number of ether oxygens (including phenoxy) is 1. The lowest BCUT2D eigenvalue weighted by Gasteiger charge is -2.53. The van der Waals surface area contributed by atoms with Crippen LogP contribution >= 0.6 is 0 Å². The average Bonchev–Trinajstić information content (AvgIpc) is 3.08. The molecule has 0 aromatic heterocycles. The second kappa shape index (κ2) is 7.83. The fourth-order valence-electron chi connectivity index (χ4n) is 8.21. The van der Waals surface area contributed by atoms with Gasteiger partial charge in [0.1, 0.15) is 0 Å². The van der Waals surface area contributed by atoms with Gasteiger partial charge in [0.2, 0.25) is 0 Å². The first-order chi connectivity index (χ1) is 14.0. The molecule has 3 aliphatic carbocycles. The molecule has 0 radical (unpaired) electrons. The third-order valence-corrected chi connectivity index (χ3v) is 10.0. The van der Waals surface area contributed by atoms with Gasteiger partial charge in [0.05, 0.1) is 12.7 Å². The van der Waals surface area contributed by atoms with Crippen molar-refractivity contribution >= 4 is 0 Å². The van der Waals surface area contributed by atoms with Gasteiger partial charge in [0.25, 0.3) is 0 Å². The van der Waals surface area contributed by atoms with Crippen LogP contribution in [0.1, 0.15) is 85.0 Å². The molecule has 5 aliphatic rings. The molecule has 1 N–H and O–H groups in total. The van der Waals surface area contributed by atoms with Crippen molar-refractivity contribution in [1.29, 1.82) is 0 Å². The standard InChI is InChI=1S/C27H43NO/c1-17-10-11-27(4)20(12-17)8-9-22-21-6-5-7-25-26(13-18(2)15-28-25)29-16-19(3)23(21)14-24(22)27/h18,20-22,24-26,28H,1,5-16H2,2-4H3/b23-19-/t18-,20+,21-,22-,24-,25-,26+,27-/m0/s1. The first-order valence-corrected chi connectivity index (χ1v) is 12.7. The van der Waals surface area contributed by atoms with Crippen molar-refractivity contribution in [2.24, 2.45) is 35.0 Å². The molecule has 0 unspecified atom stereocenters. The van der Waals surface area contributed by atoms with Gasteiger partial charge in [-0.25, -0.2) is 0 Å². The number of hydrogen-bond acceptors (Lipinski definition) is 2. The van der Waals surface area contributed by atoms with E-state index in [0.717, 1.165) is 36.2 Å². The van der Waals surface area contributed by atoms with Gasteiger partial charge in [-0.15, -0.1) is 0 Å². The van der Waals surface area contributed by atoms with E-state index in [9.17, 15) is 0 Å². The van der Waals surface area contributed by atoms with Crippen LogP contribution in [0.2, 0.25) is 0 Å². The number of rotatable bonds is 0. The van der Waals surface area contributed by atoms with Crippen LogP contribution in [-0.2, 0) is 4.74 Å². The molecule has 29 heavy (non-hydrogen) atoms. The molecular formula is C27H43NO. The molecule has 0 aromatic carbocycles. The van der Waals surface area contributed by atoms with E-state index < -0.39 is 0 Å². The maximum Gasteiger partial charge on any atom is 0.0735 e. The maximum absolute atomic E-state index is 6.58. The second-order valence-corrected chi connectivity index (χ2v) is 11.8. The van der Waals surface area contributed by atoms with Gasteiger partial charge in [-0.1, -0.05) is 38.0 Å². The molecule has 4 fully saturated rings. The highest BCUT2D eigenvalue weighted by Crippen LogP contribution is 2.64. The molecule has 1 saturated heterocycles. The zero-order chi connectivity index (χ0) is 20.2. The van der Waals surface area contributed by atoms with Crippen molar-refractivity contribution in [2.75, 3.05) is 13.2 Å². The van der Waals surface area contributed by atoms with Gasteiger partial charge in [-0.2, -0.15) is 0 Å². The van der Waals surface area contributed by atoms with E-state index in [1.165, 1.54) is 76.3 Å². The predicted octanol–water partition coefficient (Wildman–Crippen LogP) is 6.28. The second-order valence-electron chi connectivity index (χ2n) is 11.8. The van der Waals surface area contributed by atoms with Crippen LogP contribution < -0.4 is 5.32 Å². The van der Waals surface area contributed by atoms with Crippen molar-refractivity contribution in [3.63, 3.8) is 0 Å². The highest BCUT2D eigenvalue weighted by Gasteiger charge is 2.55. The fraction of sp³-hybridized carbons (Fsp3) is 0.852. The Labute approximate surface area is 178 Å². The molecule has 3 saturated carbocycles. The van der Waals surface area contributed by atoms with Crippen LogP contribution in [0.4, 0.5) is 0 Å². The average molecular weight is 398 g/mol. The van der Waals surface area contributed by atoms with Crippen LogP contribution in [0.3, 0.4) is 0 Å². The zero-order valence-electron chi connectivity index (χ0n) is 19.1. The molecule has 2 heterocycles. The topological polar surface area (TPSA) is 21.3 Å². The Balaban J connectivity index is 1.40. The van der Waals surface area contributed by atoms with Gasteiger partial charge in [-0.05, 0) is 112 Å². The van der Waals surface area contributed by atoms with Gasteiger partial charge < -0.3 is 10.1 Å². The van der Waals surface area contributed by atoms with Crippen molar-refractivity contribution in [3.8, 4) is 0 Å². The summed E-state index contributed by atoms with van der Waals surface area (Å²) in [4.78, 5) is 0. The van der Waals surface area contributed by atoms with Crippen LogP contribution in [0, 0.1) is 35.0 Å². The molecule has 2 nitrogen and oxygen atoms in total. The first-order valence-electron chi connectivity index (χ1n) is 12.7. The molecule has 162 valence electrons. The smallest absolute Gasteiger partial charge is 0.0735 e. The first kappa shape index (κ1) is 20.3. The minimum Gasteiger partial charge on any atom is -0.372 e. The minimum atomic E-state index is 0.417. The molecule has 2 aliphatic heterocycles. The van der Waals surface area contributed by atoms with Crippen molar-refractivity contribution in [2.45, 2.75) is 97.1 Å². The molecule has 8 atom stereocenters. The molecule has 2 heteroatoms. The van der Waals surface area contributed by atoms with Gasteiger partial charge in [-0.3, -0.25) is 0 Å². The van der Waals surface area contributed by atoms with E-state index in [-0.39, 0.29) is 0 Å². The molecule has 5 rings (SSSR count). The van der Waals surface area contributed by atoms with E-state index in [0.29, 0.717) is 17.6 Å². The van der Waals surface area contributed by atoms with Crippen molar-refractivity contribution in [3.05, 3.63) is 23.3 Å². The van der Waals surface area contributed by atoms with Crippen LogP contribution in [-0.4, -0.2) is 25.3 Å². The summed E-state index contributed by atoms with van der Waals surface area (Å²) in [5.41, 5.74) is 5.48. The van der Waals surface area contributed by atoms with Crippen LogP contribution in [0.5, 0.6) is 0 Å². The van der Waals surface area contributed by atoms with Crippen LogP contribution in [0.25, 0.3) is 0 Å². The lowest BCUT2D eigenvalue weighted by atomic mass is 9.52. The Hall–Kier alpha value is -0.600. The maximum atomic E-state index is 6.58. The minimum absolute atomic E-state index is 0.417.